The van der Waals surface area contributed by atoms with Crippen LogP contribution in [0.4, 0.5) is 5.69 Å². The van der Waals surface area contributed by atoms with Crippen molar-refractivity contribution in [2.45, 2.75) is 43.0 Å². The predicted molar refractivity (Wildman–Crippen MR) is 133 cm³/mol. The van der Waals surface area contributed by atoms with Crippen LogP contribution in [-0.4, -0.2) is 74.7 Å². The van der Waals surface area contributed by atoms with Crippen molar-refractivity contribution in [3.8, 4) is 5.75 Å². The molecule has 186 valence electrons. The molecule has 2 aliphatic rings. The summed E-state index contributed by atoms with van der Waals surface area (Å²) >= 11 is 1.12. The number of carbonyl (C=O) groups is 1. The molecule has 1 aliphatic carbocycles. The van der Waals surface area contributed by atoms with E-state index in [4.69, 9.17) is 4.74 Å². The molecule has 0 saturated heterocycles. The lowest BCUT2D eigenvalue weighted by molar-refractivity contribution is 0.0346. The predicted octanol–water partition coefficient (Wildman–Crippen LogP) is 3.11. The van der Waals surface area contributed by atoms with E-state index in [2.05, 4.69) is 16.7 Å². The minimum atomic E-state index is -3.82. The second-order valence-corrected chi connectivity index (χ2v) is 12.4. The normalized spacial score (nSPS) is 22.0. The molecule has 8 nitrogen and oxygen atoms in total. The minimum absolute atomic E-state index is 0.0327. The van der Waals surface area contributed by atoms with Gasteiger partial charge in [0.2, 0.25) is 0 Å². The zero-order valence-corrected chi connectivity index (χ0v) is 21.4. The van der Waals surface area contributed by atoms with Crippen LogP contribution < -0.4 is 9.46 Å². The third kappa shape index (κ3) is 5.56. The van der Waals surface area contributed by atoms with Crippen molar-refractivity contribution in [1.82, 2.24) is 9.80 Å². The van der Waals surface area contributed by atoms with Gasteiger partial charge >= 0.3 is 0 Å². The van der Waals surface area contributed by atoms with Gasteiger partial charge in [0.25, 0.3) is 15.9 Å². The molecule has 4 rings (SSSR count). The van der Waals surface area contributed by atoms with E-state index < -0.39 is 10.0 Å². The van der Waals surface area contributed by atoms with Gasteiger partial charge in [0.05, 0.1) is 23.9 Å². The topological polar surface area (TPSA) is 99.2 Å². The van der Waals surface area contributed by atoms with Gasteiger partial charge in [-0.05, 0) is 56.3 Å². The Hall–Kier alpha value is -2.14. The van der Waals surface area contributed by atoms with Crippen molar-refractivity contribution in [3.05, 3.63) is 41.3 Å². The lowest BCUT2D eigenvalue weighted by Crippen LogP contribution is -2.50. The van der Waals surface area contributed by atoms with Crippen LogP contribution in [-0.2, 0) is 10.0 Å². The van der Waals surface area contributed by atoms with Crippen LogP contribution in [0.1, 0.15) is 37.0 Å². The first-order valence-corrected chi connectivity index (χ1v) is 14.0. The van der Waals surface area contributed by atoms with Crippen LogP contribution in [0, 0.1) is 11.8 Å². The number of aliphatic hydroxyl groups is 1. The van der Waals surface area contributed by atoms with Gasteiger partial charge < -0.3 is 19.6 Å². The number of carbonyl (C=O) groups excluding carboxylic acids is 1. The number of likely N-dealkylation sites (N-methyl/N-ethyl adjacent to an activating group) is 1. The number of hydrogen-bond acceptors (Lipinski definition) is 7. The Morgan fingerprint density at radius 2 is 2.03 bits per heavy atom. The maximum atomic E-state index is 13.5. The molecule has 1 saturated carbocycles. The highest BCUT2D eigenvalue weighted by Gasteiger charge is 2.35. The quantitative estimate of drug-likeness (QED) is 0.541. The van der Waals surface area contributed by atoms with E-state index in [0.29, 0.717) is 13.1 Å². The fourth-order valence-electron chi connectivity index (χ4n) is 4.28. The van der Waals surface area contributed by atoms with Crippen LogP contribution in [0.15, 0.2) is 39.9 Å². The molecule has 1 aromatic heterocycles. The Morgan fingerprint density at radius 1 is 1.26 bits per heavy atom. The molecular formula is C24H33N3O5S2. The number of anilines is 1. The number of ether oxygens (including phenoxy) is 1. The van der Waals surface area contributed by atoms with Gasteiger partial charge in [-0.2, -0.15) is 0 Å². The monoisotopic (exact) mass is 507 g/mol. The summed E-state index contributed by atoms with van der Waals surface area (Å²) in [6, 6.07) is 7.75. The highest BCUT2D eigenvalue weighted by atomic mass is 32.2. The maximum absolute atomic E-state index is 13.5. The molecule has 10 heteroatoms. The number of thiophene rings is 1. The average Bonchev–Trinajstić information content (AvgIpc) is 3.41. The number of fused-ring (bicyclic) bond motifs is 1. The summed E-state index contributed by atoms with van der Waals surface area (Å²) in [5, 5.41) is 11.5. The Morgan fingerprint density at radius 3 is 2.68 bits per heavy atom. The van der Waals surface area contributed by atoms with Gasteiger partial charge in [-0.1, -0.05) is 19.1 Å². The van der Waals surface area contributed by atoms with E-state index in [9.17, 15) is 18.3 Å². The highest BCUT2D eigenvalue weighted by molar-refractivity contribution is 7.94. The van der Waals surface area contributed by atoms with E-state index in [0.717, 1.165) is 23.8 Å². The Kier molecular flexibility index (Phi) is 7.51. The second kappa shape index (κ2) is 10.2. The summed E-state index contributed by atoms with van der Waals surface area (Å²) in [7, 11) is -1.76. The van der Waals surface area contributed by atoms with Gasteiger partial charge in [-0.15, -0.1) is 11.3 Å². The molecule has 1 fully saturated rings. The molecule has 1 aromatic carbocycles. The maximum Gasteiger partial charge on any atom is 0.271 e. The summed E-state index contributed by atoms with van der Waals surface area (Å²) in [5.41, 5.74) is 0.522. The minimum Gasteiger partial charge on any atom is -0.486 e. The zero-order valence-electron chi connectivity index (χ0n) is 19.8. The first kappa shape index (κ1) is 25.0. The molecule has 0 bridgehead atoms. The summed E-state index contributed by atoms with van der Waals surface area (Å²) in [6.07, 6.45) is 2.23. The van der Waals surface area contributed by atoms with Gasteiger partial charge in [-0.3, -0.25) is 9.52 Å². The van der Waals surface area contributed by atoms with Crippen LogP contribution in [0.2, 0.25) is 0 Å². The lowest BCUT2D eigenvalue weighted by atomic mass is 9.99. The van der Waals surface area contributed by atoms with E-state index >= 15 is 0 Å². The third-order valence-electron chi connectivity index (χ3n) is 6.45. The van der Waals surface area contributed by atoms with Gasteiger partial charge in [-0.25, -0.2) is 8.42 Å². The van der Waals surface area contributed by atoms with Crippen LogP contribution in [0.3, 0.4) is 0 Å². The number of para-hydroxylation sites is 1. The number of nitrogens with zero attached hydrogens (tertiary/aromatic N) is 2. The van der Waals surface area contributed by atoms with Crippen LogP contribution in [0.25, 0.3) is 0 Å². The molecule has 0 spiro atoms. The second-order valence-electron chi connectivity index (χ2n) is 9.51. The molecule has 2 aromatic rings. The molecule has 2 N–H and O–H groups in total. The largest absolute Gasteiger partial charge is 0.486 e. The molecule has 2 heterocycles. The fraction of sp³-hybridized carbons (Fsp3) is 0.542. The van der Waals surface area contributed by atoms with Crippen molar-refractivity contribution in [1.29, 1.82) is 0 Å². The number of aliphatic hydroxyl groups excluding tert-OH is 1. The average molecular weight is 508 g/mol. The van der Waals surface area contributed by atoms with Crippen molar-refractivity contribution in [3.63, 3.8) is 0 Å². The Balaban J connectivity index is 1.72. The van der Waals surface area contributed by atoms with Crippen molar-refractivity contribution >= 4 is 33.0 Å². The summed E-state index contributed by atoms with van der Waals surface area (Å²) in [5.74, 6) is 0.640. The number of sulfonamides is 1. The van der Waals surface area contributed by atoms with Gasteiger partial charge in [0.15, 0.2) is 5.75 Å². The molecule has 0 unspecified atom stereocenters. The highest BCUT2D eigenvalue weighted by Crippen LogP contribution is 2.37. The Bertz CT molecular complexity index is 1100. The van der Waals surface area contributed by atoms with Crippen LogP contribution >= 0.6 is 11.3 Å². The number of rotatable bonds is 9. The van der Waals surface area contributed by atoms with Crippen molar-refractivity contribution in [2.75, 3.05) is 38.0 Å². The van der Waals surface area contributed by atoms with E-state index in [1.165, 1.54) is 18.9 Å². The van der Waals surface area contributed by atoms with Crippen molar-refractivity contribution < 1.29 is 23.1 Å². The van der Waals surface area contributed by atoms with E-state index in [1.54, 1.807) is 34.5 Å². The van der Waals surface area contributed by atoms with Crippen LogP contribution in [0.5, 0.6) is 5.75 Å². The molecular weight excluding hydrogens is 474 g/mol. The summed E-state index contributed by atoms with van der Waals surface area (Å²) in [6.45, 7) is 5.76. The van der Waals surface area contributed by atoms with Gasteiger partial charge in [0, 0.05) is 25.6 Å². The standard InChI is InChI=1S/C24H33N3O5S2/c1-16-12-27(17(2)15-28)24(29)19-6-4-7-20(25-34(30,31)22-8-5-11-33-22)23(19)32-21(16)14-26(3)13-18-9-10-18/h4-8,11,16-18,21,25,28H,9-10,12-15H2,1-3H3/t16-,17-,21+/m1/s1. The first-order chi connectivity index (χ1) is 16.2. The molecule has 34 heavy (non-hydrogen) atoms. The number of hydrogen-bond donors (Lipinski definition) is 2. The molecule has 3 atom stereocenters. The smallest absolute Gasteiger partial charge is 0.271 e. The number of benzene rings is 1. The Labute approximate surface area is 205 Å². The summed E-state index contributed by atoms with van der Waals surface area (Å²) in [4.78, 5) is 17.4. The molecule has 1 amide bonds. The molecule has 1 aliphatic heterocycles. The number of nitrogens with one attached hydrogen (secondary N) is 1. The fourth-order valence-corrected chi connectivity index (χ4v) is 6.33. The molecule has 0 radical (unpaired) electrons. The van der Waals surface area contributed by atoms with E-state index in [-0.39, 0.29) is 51.8 Å². The first-order valence-electron chi connectivity index (χ1n) is 11.7. The third-order valence-corrected chi connectivity index (χ3v) is 9.22. The van der Waals surface area contributed by atoms with E-state index in [1.807, 2.05) is 13.8 Å². The van der Waals surface area contributed by atoms with Gasteiger partial charge in [0.1, 0.15) is 10.3 Å². The SMILES string of the molecule is C[C@@H]1CN([C@H](C)CO)C(=O)c2cccc(NS(=O)(=O)c3cccs3)c2O[C@H]1CN(C)CC1CC1. The van der Waals surface area contributed by atoms with Crippen molar-refractivity contribution in [2.24, 2.45) is 11.8 Å². The summed E-state index contributed by atoms with van der Waals surface area (Å²) < 4.78 is 35.2. The number of amides is 1. The zero-order chi connectivity index (χ0) is 24.5. The lowest BCUT2D eigenvalue weighted by Gasteiger charge is -2.38.